The Hall–Kier alpha value is -2.44. The van der Waals surface area contributed by atoms with E-state index < -0.39 is 0 Å². The molecule has 4 rings (SSSR count). The number of nitrogens with zero attached hydrogens (tertiary/aromatic N) is 2. The van der Waals surface area contributed by atoms with Crippen molar-refractivity contribution in [2.75, 3.05) is 30.7 Å². The van der Waals surface area contributed by atoms with Crippen LogP contribution in [0.5, 0.6) is 0 Å². The van der Waals surface area contributed by atoms with E-state index in [9.17, 15) is 4.79 Å². The second-order valence-corrected chi connectivity index (χ2v) is 7.88. The molecule has 3 aromatic rings. The van der Waals surface area contributed by atoms with E-state index in [2.05, 4.69) is 15.2 Å². The van der Waals surface area contributed by atoms with Gasteiger partial charge in [-0.3, -0.25) is 4.57 Å². The van der Waals surface area contributed by atoms with Crippen molar-refractivity contribution in [2.45, 2.75) is 31.8 Å². The van der Waals surface area contributed by atoms with Crippen molar-refractivity contribution in [3.8, 4) is 0 Å². The molecule has 4 N–H and O–H groups in total. The molecular weight excluding hydrogens is 374 g/mol. The summed E-state index contributed by atoms with van der Waals surface area (Å²) in [4.78, 5) is 17.5. The number of hydrogen-bond donors (Lipinski definition) is 3. The van der Waals surface area contributed by atoms with Gasteiger partial charge >= 0.3 is 5.69 Å². The molecule has 0 aliphatic carbocycles. The van der Waals surface area contributed by atoms with Crippen LogP contribution in [0.1, 0.15) is 19.3 Å². The number of imidazole rings is 1. The Kier molecular flexibility index (Phi) is 5.59. The van der Waals surface area contributed by atoms with Gasteiger partial charge < -0.3 is 20.9 Å². The van der Waals surface area contributed by atoms with Gasteiger partial charge in [0, 0.05) is 30.7 Å². The van der Waals surface area contributed by atoms with Gasteiger partial charge in [-0.15, -0.1) is 0 Å². The van der Waals surface area contributed by atoms with E-state index in [-0.39, 0.29) is 5.69 Å². The number of fused-ring (bicyclic) bond motifs is 1. The van der Waals surface area contributed by atoms with Crippen LogP contribution in [-0.4, -0.2) is 40.1 Å². The van der Waals surface area contributed by atoms with Crippen LogP contribution in [0.4, 0.5) is 11.4 Å². The summed E-state index contributed by atoms with van der Waals surface area (Å²) in [7, 11) is 0. The molecule has 0 bridgehead atoms. The predicted octanol–water partition coefficient (Wildman–Crippen LogP) is 3.53. The molecule has 1 aliphatic heterocycles. The number of hydrogen-bond acceptors (Lipinski definition) is 4. The van der Waals surface area contributed by atoms with Crippen LogP contribution in [0, 0.1) is 0 Å². The van der Waals surface area contributed by atoms with Crippen LogP contribution in [-0.2, 0) is 6.54 Å². The zero-order chi connectivity index (χ0) is 19.5. The number of nitrogen functional groups attached to an aromatic ring is 1. The normalized spacial score (nSPS) is 15.9. The Morgan fingerprint density at radius 3 is 2.71 bits per heavy atom. The zero-order valence-corrected chi connectivity index (χ0v) is 16.6. The Labute approximate surface area is 169 Å². The minimum absolute atomic E-state index is 0.0235. The third-order valence-corrected chi connectivity index (χ3v) is 5.73. The summed E-state index contributed by atoms with van der Waals surface area (Å²) in [6.07, 6.45) is 3.12. The van der Waals surface area contributed by atoms with Crippen LogP contribution in [0.2, 0.25) is 5.02 Å². The van der Waals surface area contributed by atoms with Gasteiger partial charge in [0.1, 0.15) is 0 Å². The fraction of sp³-hybridized carbons (Fsp3) is 0.381. The minimum atomic E-state index is -0.0235. The number of anilines is 2. The highest BCUT2D eigenvalue weighted by Crippen LogP contribution is 2.25. The molecule has 0 amide bonds. The van der Waals surface area contributed by atoms with Gasteiger partial charge in [0.2, 0.25) is 0 Å². The highest BCUT2D eigenvalue weighted by molar-refractivity contribution is 6.31. The topological polar surface area (TPSA) is 79.1 Å². The molecule has 1 fully saturated rings. The van der Waals surface area contributed by atoms with E-state index in [1.165, 1.54) is 0 Å². The van der Waals surface area contributed by atoms with E-state index >= 15 is 0 Å². The van der Waals surface area contributed by atoms with Crippen molar-refractivity contribution < 1.29 is 0 Å². The Morgan fingerprint density at radius 2 is 1.93 bits per heavy atom. The van der Waals surface area contributed by atoms with Gasteiger partial charge in [-0.05, 0) is 56.1 Å². The van der Waals surface area contributed by atoms with Crippen molar-refractivity contribution in [3.63, 3.8) is 0 Å². The van der Waals surface area contributed by atoms with Crippen molar-refractivity contribution in [2.24, 2.45) is 0 Å². The molecule has 7 heteroatoms. The number of aromatic nitrogens is 2. The number of aryl methyl sites for hydroxylation is 1. The highest BCUT2D eigenvalue weighted by atomic mass is 35.5. The molecule has 0 unspecified atom stereocenters. The molecule has 2 heterocycles. The maximum absolute atomic E-state index is 12.2. The van der Waals surface area contributed by atoms with Crippen molar-refractivity contribution in [3.05, 3.63) is 58.0 Å². The summed E-state index contributed by atoms with van der Waals surface area (Å²) >= 11 is 5.97. The predicted molar refractivity (Wildman–Crippen MR) is 116 cm³/mol. The van der Waals surface area contributed by atoms with Crippen LogP contribution in [0.3, 0.4) is 0 Å². The number of piperidine rings is 1. The Balaban J connectivity index is 1.25. The lowest BCUT2D eigenvalue weighted by Crippen LogP contribution is -2.40. The largest absolute Gasteiger partial charge is 0.397 e. The van der Waals surface area contributed by atoms with E-state index in [4.69, 9.17) is 17.3 Å². The number of halogens is 1. The lowest BCUT2D eigenvalue weighted by atomic mass is 10.0. The van der Waals surface area contributed by atoms with E-state index in [0.29, 0.717) is 16.8 Å². The fourth-order valence-corrected chi connectivity index (χ4v) is 4.15. The zero-order valence-electron chi connectivity index (χ0n) is 15.8. The van der Waals surface area contributed by atoms with Gasteiger partial charge in [0.25, 0.3) is 0 Å². The molecule has 1 saturated heterocycles. The standard InChI is InChI=1S/C21H26ClN5O/c22-15-6-7-18(17(23)14-15)24-16-8-12-26(13-9-16)10-3-11-27-20-5-2-1-4-19(20)25-21(27)28/h1-2,4-7,14,16,24H,3,8-13,23H2,(H,25,28). The van der Waals surface area contributed by atoms with Gasteiger partial charge in [-0.1, -0.05) is 23.7 Å². The molecule has 6 nitrogen and oxygen atoms in total. The minimum Gasteiger partial charge on any atom is -0.397 e. The van der Waals surface area contributed by atoms with E-state index in [1.54, 1.807) is 6.07 Å². The van der Waals surface area contributed by atoms with Crippen LogP contribution < -0.4 is 16.7 Å². The molecular formula is C21H26ClN5O. The second-order valence-electron chi connectivity index (χ2n) is 7.44. The van der Waals surface area contributed by atoms with Crippen LogP contribution in [0.15, 0.2) is 47.3 Å². The van der Waals surface area contributed by atoms with Crippen LogP contribution in [0.25, 0.3) is 11.0 Å². The third-order valence-electron chi connectivity index (χ3n) is 5.50. The Morgan fingerprint density at radius 1 is 1.14 bits per heavy atom. The maximum atomic E-state index is 12.2. The summed E-state index contributed by atoms with van der Waals surface area (Å²) in [6, 6.07) is 13.9. The number of benzene rings is 2. The van der Waals surface area contributed by atoms with Gasteiger partial charge in [-0.25, -0.2) is 4.79 Å². The number of H-pyrrole nitrogens is 1. The first-order chi connectivity index (χ1) is 13.6. The van der Waals surface area contributed by atoms with Crippen LogP contribution >= 0.6 is 11.6 Å². The molecule has 0 radical (unpaired) electrons. The lowest BCUT2D eigenvalue weighted by molar-refractivity contribution is 0.213. The second kappa shape index (κ2) is 8.29. The molecule has 1 aliphatic rings. The molecule has 1 aromatic heterocycles. The molecule has 28 heavy (non-hydrogen) atoms. The monoisotopic (exact) mass is 399 g/mol. The first-order valence-electron chi connectivity index (χ1n) is 9.81. The summed E-state index contributed by atoms with van der Waals surface area (Å²) in [6.45, 7) is 3.84. The summed E-state index contributed by atoms with van der Waals surface area (Å²) in [5, 5.41) is 4.20. The number of rotatable bonds is 6. The number of aromatic amines is 1. The smallest absolute Gasteiger partial charge is 0.326 e. The van der Waals surface area contributed by atoms with E-state index in [1.807, 2.05) is 41.0 Å². The highest BCUT2D eigenvalue weighted by Gasteiger charge is 2.19. The molecule has 0 spiro atoms. The maximum Gasteiger partial charge on any atom is 0.326 e. The summed E-state index contributed by atoms with van der Waals surface area (Å²) < 4.78 is 1.84. The molecule has 148 valence electrons. The van der Waals surface area contributed by atoms with Gasteiger partial charge in [0.15, 0.2) is 0 Å². The fourth-order valence-electron chi connectivity index (χ4n) is 3.97. The number of para-hydroxylation sites is 2. The van der Waals surface area contributed by atoms with Gasteiger partial charge in [0.05, 0.1) is 22.4 Å². The first-order valence-corrected chi connectivity index (χ1v) is 10.2. The first kappa shape index (κ1) is 18.9. The summed E-state index contributed by atoms with van der Waals surface area (Å²) in [5.74, 6) is 0. The molecule has 2 aromatic carbocycles. The molecule has 0 saturated carbocycles. The Bertz CT molecular complexity index is 1000. The number of nitrogens with two attached hydrogens (primary N) is 1. The van der Waals surface area contributed by atoms with Crippen molar-refractivity contribution in [1.82, 2.24) is 14.5 Å². The molecule has 0 atom stereocenters. The number of nitrogens with one attached hydrogen (secondary N) is 2. The quantitative estimate of drug-likeness (QED) is 0.554. The van der Waals surface area contributed by atoms with Gasteiger partial charge in [-0.2, -0.15) is 0 Å². The third kappa shape index (κ3) is 4.18. The number of likely N-dealkylation sites (tertiary alicyclic amines) is 1. The lowest BCUT2D eigenvalue weighted by Gasteiger charge is -2.33. The SMILES string of the molecule is Nc1cc(Cl)ccc1NC1CCN(CCCn2c(=O)[nH]c3ccccc32)CC1. The van der Waals surface area contributed by atoms with Crippen molar-refractivity contribution in [1.29, 1.82) is 0 Å². The average Bonchev–Trinajstić information content (AvgIpc) is 3.01. The summed E-state index contributed by atoms with van der Waals surface area (Å²) in [5.41, 5.74) is 9.56. The average molecular weight is 400 g/mol. The van der Waals surface area contributed by atoms with E-state index in [0.717, 1.165) is 62.2 Å². The van der Waals surface area contributed by atoms with Crippen molar-refractivity contribution >= 4 is 34.0 Å².